The van der Waals surface area contributed by atoms with Gasteiger partial charge in [0.15, 0.2) is 11.4 Å². The number of hydrogen-bond donors (Lipinski definition) is 0. The van der Waals surface area contributed by atoms with Crippen molar-refractivity contribution >= 4 is 11.4 Å². The van der Waals surface area contributed by atoms with Crippen molar-refractivity contribution in [1.82, 2.24) is 34.0 Å². The standard InChI is InChI=1S/C31H31F2N7O/c1-3-14-38-15-11-25(12-16-38)40-20(2)35-30(21-4-6-23(32)7-5-21)31(40)26-8-9-29-36-24(19-39(29)37-26)18-27(41)22-10-13-34-28(33)17-22/h4-10,13,17,19,25H,3,11-12,14-16,18H2,1-2H3. The van der Waals surface area contributed by atoms with E-state index in [1.54, 1.807) is 22.8 Å². The Morgan fingerprint density at radius 1 is 1.02 bits per heavy atom. The van der Waals surface area contributed by atoms with Gasteiger partial charge in [0.25, 0.3) is 0 Å². The lowest BCUT2D eigenvalue weighted by Gasteiger charge is -2.33. The number of likely N-dealkylation sites (tertiary alicyclic amines) is 1. The van der Waals surface area contributed by atoms with Crippen molar-refractivity contribution in [2.45, 2.75) is 45.6 Å². The van der Waals surface area contributed by atoms with Crippen LogP contribution >= 0.6 is 0 Å². The molecule has 0 unspecified atom stereocenters. The first-order valence-corrected chi connectivity index (χ1v) is 14.0. The van der Waals surface area contributed by atoms with Gasteiger partial charge in [-0.3, -0.25) is 4.79 Å². The van der Waals surface area contributed by atoms with Crippen LogP contribution in [-0.2, 0) is 6.42 Å². The number of aryl methyl sites for hydroxylation is 1. The average molecular weight is 556 g/mol. The molecule has 5 heterocycles. The molecule has 0 spiro atoms. The Bertz CT molecular complexity index is 1700. The fraction of sp³-hybridized carbons (Fsp3) is 0.323. The molecule has 0 bridgehead atoms. The van der Waals surface area contributed by atoms with E-state index < -0.39 is 5.95 Å². The van der Waals surface area contributed by atoms with Gasteiger partial charge in [-0.05, 0) is 75.2 Å². The van der Waals surface area contributed by atoms with Gasteiger partial charge in [0, 0.05) is 42.5 Å². The van der Waals surface area contributed by atoms with Crippen LogP contribution in [0.3, 0.4) is 0 Å². The summed E-state index contributed by atoms with van der Waals surface area (Å²) < 4.78 is 31.3. The first kappa shape index (κ1) is 26.9. The number of benzene rings is 1. The van der Waals surface area contributed by atoms with Crippen molar-refractivity contribution in [2.24, 2.45) is 0 Å². The van der Waals surface area contributed by atoms with Crippen LogP contribution < -0.4 is 0 Å². The molecule has 6 rings (SSSR count). The van der Waals surface area contributed by atoms with Gasteiger partial charge in [-0.2, -0.15) is 9.49 Å². The van der Waals surface area contributed by atoms with Crippen LogP contribution in [0.4, 0.5) is 8.78 Å². The molecule has 0 saturated carbocycles. The number of fused-ring (bicyclic) bond motifs is 1. The van der Waals surface area contributed by atoms with Gasteiger partial charge in [-0.25, -0.2) is 23.9 Å². The van der Waals surface area contributed by atoms with Crippen molar-refractivity contribution in [3.05, 3.63) is 89.8 Å². The van der Waals surface area contributed by atoms with Gasteiger partial charge in [0.1, 0.15) is 17.3 Å². The molecule has 0 atom stereocenters. The molecule has 1 aliphatic heterocycles. The maximum absolute atomic E-state index is 13.8. The number of rotatable bonds is 8. The number of imidazole rings is 2. The Kier molecular flexibility index (Phi) is 7.40. The summed E-state index contributed by atoms with van der Waals surface area (Å²) in [7, 11) is 0. The largest absolute Gasteiger partial charge is 0.323 e. The Labute approximate surface area is 236 Å². The van der Waals surface area contributed by atoms with E-state index in [1.807, 2.05) is 19.1 Å². The number of ketones is 1. The molecule has 1 saturated heterocycles. The Balaban J connectivity index is 1.38. The lowest BCUT2D eigenvalue weighted by Crippen LogP contribution is -2.35. The second-order valence-corrected chi connectivity index (χ2v) is 10.5. The normalized spacial score (nSPS) is 14.6. The number of Topliss-reactive ketones (excluding diaryl/α,β-unsaturated/α-hetero) is 1. The molecule has 0 aliphatic carbocycles. The Morgan fingerprint density at radius 2 is 1.80 bits per heavy atom. The van der Waals surface area contributed by atoms with Gasteiger partial charge in [0.05, 0.1) is 29.7 Å². The summed E-state index contributed by atoms with van der Waals surface area (Å²) in [6.07, 6.45) is 6.15. The van der Waals surface area contributed by atoms with Crippen LogP contribution in [0.25, 0.3) is 28.3 Å². The van der Waals surface area contributed by atoms with Crippen LogP contribution in [0.2, 0.25) is 0 Å². The number of halogens is 2. The molecule has 1 fully saturated rings. The molecule has 5 aromatic rings. The lowest BCUT2D eigenvalue weighted by molar-refractivity contribution is 0.0991. The summed E-state index contributed by atoms with van der Waals surface area (Å²) in [5.74, 6) is -0.366. The van der Waals surface area contributed by atoms with Crippen molar-refractivity contribution in [1.29, 1.82) is 0 Å². The van der Waals surface area contributed by atoms with Crippen molar-refractivity contribution in [2.75, 3.05) is 19.6 Å². The van der Waals surface area contributed by atoms with Crippen LogP contribution in [0.1, 0.15) is 54.1 Å². The predicted octanol–water partition coefficient (Wildman–Crippen LogP) is 5.71. The molecular formula is C31H31F2N7O. The number of hydrogen-bond acceptors (Lipinski definition) is 6. The van der Waals surface area contributed by atoms with Crippen LogP contribution in [0.15, 0.2) is 60.9 Å². The summed E-state index contributed by atoms with van der Waals surface area (Å²) in [5, 5.41) is 4.90. The van der Waals surface area contributed by atoms with Crippen molar-refractivity contribution in [3.8, 4) is 22.6 Å². The summed E-state index contributed by atoms with van der Waals surface area (Å²) in [6, 6.07) is 13.0. The highest BCUT2D eigenvalue weighted by Gasteiger charge is 2.28. The minimum absolute atomic E-state index is 0.0103. The van der Waals surface area contributed by atoms with Gasteiger partial charge in [-0.1, -0.05) is 6.92 Å². The molecule has 0 radical (unpaired) electrons. The Hall–Kier alpha value is -4.31. The van der Waals surface area contributed by atoms with E-state index in [9.17, 15) is 13.6 Å². The fourth-order valence-corrected chi connectivity index (χ4v) is 5.75. The van der Waals surface area contributed by atoms with Crippen LogP contribution in [-0.4, -0.2) is 59.5 Å². The minimum atomic E-state index is -0.697. The maximum atomic E-state index is 13.8. The van der Waals surface area contributed by atoms with E-state index in [0.29, 0.717) is 17.0 Å². The first-order valence-electron chi connectivity index (χ1n) is 14.0. The van der Waals surface area contributed by atoms with Crippen LogP contribution in [0, 0.1) is 18.7 Å². The molecule has 4 aromatic heterocycles. The third-order valence-corrected chi connectivity index (χ3v) is 7.67. The number of aromatic nitrogens is 6. The molecule has 41 heavy (non-hydrogen) atoms. The highest BCUT2D eigenvalue weighted by atomic mass is 19.1. The molecule has 210 valence electrons. The smallest absolute Gasteiger partial charge is 0.213 e. The zero-order chi connectivity index (χ0) is 28.5. The zero-order valence-electron chi connectivity index (χ0n) is 23.1. The quantitative estimate of drug-likeness (QED) is 0.180. The van der Waals surface area contributed by atoms with E-state index in [0.717, 1.165) is 67.7 Å². The molecule has 1 aliphatic rings. The van der Waals surface area contributed by atoms with Crippen molar-refractivity contribution in [3.63, 3.8) is 0 Å². The third-order valence-electron chi connectivity index (χ3n) is 7.67. The van der Waals surface area contributed by atoms with E-state index in [2.05, 4.69) is 26.4 Å². The number of piperidine rings is 1. The number of carbonyl (C=O) groups is 1. The first-order chi connectivity index (χ1) is 19.9. The fourth-order valence-electron chi connectivity index (χ4n) is 5.75. The maximum Gasteiger partial charge on any atom is 0.213 e. The van der Waals surface area contributed by atoms with E-state index in [4.69, 9.17) is 10.1 Å². The summed E-state index contributed by atoms with van der Waals surface area (Å²) >= 11 is 0. The molecular weight excluding hydrogens is 524 g/mol. The second-order valence-electron chi connectivity index (χ2n) is 10.5. The lowest BCUT2D eigenvalue weighted by atomic mass is 10.0. The average Bonchev–Trinajstić information content (AvgIpc) is 3.53. The summed E-state index contributed by atoms with van der Waals surface area (Å²) in [5.41, 5.74) is 4.52. The minimum Gasteiger partial charge on any atom is -0.323 e. The predicted molar refractivity (Wildman–Crippen MR) is 152 cm³/mol. The third kappa shape index (κ3) is 5.52. The molecule has 0 amide bonds. The molecule has 8 nitrogen and oxygen atoms in total. The summed E-state index contributed by atoms with van der Waals surface area (Å²) in [4.78, 5) is 28.3. The monoisotopic (exact) mass is 555 g/mol. The second kappa shape index (κ2) is 11.3. The van der Waals surface area contributed by atoms with Crippen LogP contribution in [0.5, 0.6) is 0 Å². The van der Waals surface area contributed by atoms with Gasteiger partial charge >= 0.3 is 0 Å². The number of pyridine rings is 1. The highest BCUT2D eigenvalue weighted by Crippen LogP contribution is 2.37. The van der Waals surface area contributed by atoms with Gasteiger partial charge in [0.2, 0.25) is 5.95 Å². The van der Waals surface area contributed by atoms with E-state index >= 15 is 0 Å². The molecule has 10 heteroatoms. The van der Waals surface area contributed by atoms with Crippen molar-refractivity contribution < 1.29 is 13.6 Å². The van der Waals surface area contributed by atoms with E-state index in [-0.39, 0.29) is 29.6 Å². The number of nitrogens with zero attached hydrogens (tertiary/aromatic N) is 7. The highest BCUT2D eigenvalue weighted by molar-refractivity contribution is 5.97. The Morgan fingerprint density at radius 3 is 2.54 bits per heavy atom. The summed E-state index contributed by atoms with van der Waals surface area (Å²) in [6.45, 7) is 7.36. The number of carbonyl (C=O) groups excluding carboxylic acids is 1. The zero-order valence-corrected chi connectivity index (χ0v) is 23.1. The topological polar surface area (TPSA) is 81.2 Å². The van der Waals surface area contributed by atoms with Gasteiger partial charge in [-0.15, -0.1) is 0 Å². The van der Waals surface area contributed by atoms with E-state index in [1.165, 1.54) is 24.4 Å². The van der Waals surface area contributed by atoms with Gasteiger partial charge < -0.3 is 9.47 Å². The molecule has 1 aromatic carbocycles. The SMILES string of the molecule is CCCN1CCC(n2c(C)nc(-c3ccc(F)cc3)c2-c2ccc3nc(CC(=O)c4ccnc(F)c4)cn3n2)CC1. The molecule has 0 N–H and O–H groups in total.